The van der Waals surface area contributed by atoms with E-state index >= 15 is 0 Å². The molecule has 0 fully saturated rings. The smallest absolute Gasteiger partial charge is 0.211 e. The molecule has 0 aromatic carbocycles. The van der Waals surface area contributed by atoms with Crippen molar-refractivity contribution in [3.05, 3.63) is 0 Å². The van der Waals surface area contributed by atoms with Crippen molar-refractivity contribution in [2.45, 2.75) is 33.1 Å². The highest BCUT2D eigenvalue weighted by Gasteiger charge is 2.05. The quantitative estimate of drug-likeness (QED) is 0.554. The first-order valence-electron chi connectivity index (χ1n) is 5.77. The Hall–Kier alpha value is -0.180. The van der Waals surface area contributed by atoms with Crippen LogP contribution in [0.15, 0.2) is 0 Å². The summed E-state index contributed by atoms with van der Waals surface area (Å²) in [6, 6.07) is 0. The topological polar surface area (TPSA) is 92.3 Å². The fraction of sp³-hybridized carbons (Fsp3) is 1.00. The van der Waals surface area contributed by atoms with Crippen LogP contribution in [0, 0.1) is 0 Å². The predicted octanol–water partition coefficient (Wildman–Crippen LogP) is 0.0353. The Labute approximate surface area is 104 Å². The molecule has 0 amide bonds. The van der Waals surface area contributed by atoms with E-state index in [1.54, 1.807) is 13.8 Å². The Morgan fingerprint density at radius 3 is 1.35 bits per heavy atom. The van der Waals surface area contributed by atoms with Crippen LogP contribution in [-0.2, 0) is 20.0 Å². The van der Waals surface area contributed by atoms with Crippen LogP contribution < -0.4 is 9.44 Å². The summed E-state index contributed by atoms with van der Waals surface area (Å²) in [4.78, 5) is 0. The molecule has 0 atom stereocenters. The highest BCUT2D eigenvalue weighted by molar-refractivity contribution is 7.89. The maximum atomic E-state index is 11.1. The van der Waals surface area contributed by atoms with Crippen molar-refractivity contribution in [3.8, 4) is 0 Å². The monoisotopic (exact) mass is 286 g/mol. The fourth-order valence-electron chi connectivity index (χ4n) is 1.09. The minimum absolute atomic E-state index is 0.0866. The molecule has 0 heterocycles. The highest BCUT2D eigenvalue weighted by Crippen LogP contribution is 1.95. The largest absolute Gasteiger partial charge is 0.215 e. The van der Waals surface area contributed by atoms with E-state index in [1.165, 1.54) is 0 Å². The first kappa shape index (κ1) is 16.8. The predicted molar refractivity (Wildman–Crippen MR) is 68.8 cm³/mol. The second-order valence-corrected chi connectivity index (χ2v) is 7.85. The molecule has 0 spiro atoms. The molecule has 0 aromatic heterocycles. The van der Waals surface area contributed by atoms with Gasteiger partial charge < -0.3 is 0 Å². The third-order valence-corrected chi connectivity index (χ3v) is 5.07. The van der Waals surface area contributed by atoms with Gasteiger partial charge >= 0.3 is 0 Å². The molecule has 17 heavy (non-hydrogen) atoms. The summed E-state index contributed by atoms with van der Waals surface area (Å²) in [5, 5.41) is 0. The van der Waals surface area contributed by atoms with Crippen molar-refractivity contribution >= 4 is 20.0 Å². The molecule has 104 valence electrons. The van der Waals surface area contributed by atoms with Gasteiger partial charge in [-0.05, 0) is 26.7 Å². The zero-order valence-corrected chi connectivity index (χ0v) is 12.0. The van der Waals surface area contributed by atoms with Gasteiger partial charge in [-0.3, -0.25) is 0 Å². The number of unbranched alkanes of at least 4 members (excludes halogenated alkanes) is 2. The Kier molecular flexibility index (Phi) is 7.93. The fourth-order valence-corrected chi connectivity index (χ4v) is 2.41. The molecular weight excluding hydrogens is 264 g/mol. The first-order valence-corrected chi connectivity index (χ1v) is 9.08. The molecule has 0 aliphatic rings. The normalized spacial score (nSPS) is 12.8. The maximum absolute atomic E-state index is 11.1. The van der Waals surface area contributed by atoms with Gasteiger partial charge in [0.15, 0.2) is 0 Å². The number of hydrogen-bond acceptors (Lipinski definition) is 4. The molecule has 0 saturated heterocycles. The van der Waals surface area contributed by atoms with Gasteiger partial charge in [-0.1, -0.05) is 6.42 Å². The van der Waals surface area contributed by atoms with Crippen molar-refractivity contribution in [2.24, 2.45) is 0 Å². The average molecular weight is 286 g/mol. The average Bonchev–Trinajstić information content (AvgIpc) is 2.27. The van der Waals surface area contributed by atoms with E-state index in [-0.39, 0.29) is 11.5 Å². The van der Waals surface area contributed by atoms with Gasteiger partial charge in [-0.25, -0.2) is 26.3 Å². The molecule has 0 bridgehead atoms. The summed E-state index contributed by atoms with van der Waals surface area (Å²) in [6.07, 6.45) is 2.22. The zero-order valence-electron chi connectivity index (χ0n) is 10.4. The van der Waals surface area contributed by atoms with E-state index in [2.05, 4.69) is 9.44 Å². The third-order valence-electron chi connectivity index (χ3n) is 2.26. The second-order valence-electron chi connectivity index (χ2n) is 3.66. The van der Waals surface area contributed by atoms with Crippen LogP contribution in [0.5, 0.6) is 0 Å². The highest BCUT2D eigenvalue weighted by atomic mass is 32.2. The van der Waals surface area contributed by atoms with E-state index < -0.39 is 20.0 Å². The van der Waals surface area contributed by atoms with Gasteiger partial charge in [-0.15, -0.1) is 0 Å². The molecule has 8 heteroatoms. The second kappa shape index (κ2) is 8.02. The van der Waals surface area contributed by atoms with Crippen LogP contribution in [0.2, 0.25) is 0 Å². The summed E-state index contributed by atoms with van der Waals surface area (Å²) in [6.45, 7) is 4.00. The minimum Gasteiger partial charge on any atom is -0.215 e. The van der Waals surface area contributed by atoms with Crippen LogP contribution >= 0.6 is 0 Å². The van der Waals surface area contributed by atoms with E-state index in [9.17, 15) is 16.8 Å². The van der Waals surface area contributed by atoms with E-state index in [4.69, 9.17) is 0 Å². The third kappa shape index (κ3) is 9.51. The molecule has 0 aliphatic carbocycles. The molecule has 0 rings (SSSR count). The number of sulfonamides is 2. The summed E-state index contributed by atoms with van der Waals surface area (Å²) in [5.74, 6) is 0.173. The van der Waals surface area contributed by atoms with Crippen molar-refractivity contribution in [1.29, 1.82) is 0 Å². The summed E-state index contributed by atoms with van der Waals surface area (Å²) < 4.78 is 49.1. The van der Waals surface area contributed by atoms with Gasteiger partial charge in [0.05, 0.1) is 11.5 Å². The molecule has 0 saturated carbocycles. The summed E-state index contributed by atoms with van der Waals surface area (Å²) in [7, 11) is -6.20. The van der Waals surface area contributed by atoms with Crippen molar-refractivity contribution < 1.29 is 16.8 Å². The molecule has 0 radical (unpaired) electrons. The lowest BCUT2D eigenvalue weighted by Crippen LogP contribution is -2.27. The lowest BCUT2D eigenvalue weighted by molar-refractivity contribution is 0.569. The SMILES string of the molecule is CCS(=O)(=O)NCCCCCNS(=O)(=O)CC. The number of nitrogens with one attached hydrogen (secondary N) is 2. The molecule has 2 N–H and O–H groups in total. The standard InChI is InChI=1S/C9H22N2O4S2/c1-3-16(12,13)10-8-6-5-7-9-11-17(14,15)4-2/h10-11H,3-9H2,1-2H3. The van der Waals surface area contributed by atoms with E-state index in [1.807, 2.05) is 0 Å². The Morgan fingerprint density at radius 2 is 1.06 bits per heavy atom. The summed E-state index contributed by atoms with van der Waals surface area (Å²) >= 11 is 0. The van der Waals surface area contributed by atoms with Gasteiger partial charge in [0.25, 0.3) is 0 Å². The van der Waals surface area contributed by atoms with Crippen molar-refractivity contribution in [1.82, 2.24) is 9.44 Å². The zero-order chi connectivity index (χ0) is 13.4. The van der Waals surface area contributed by atoms with Gasteiger partial charge in [0.1, 0.15) is 0 Å². The molecule has 6 nitrogen and oxygen atoms in total. The lowest BCUT2D eigenvalue weighted by atomic mass is 10.2. The van der Waals surface area contributed by atoms with E-state index in [0.29, 0.717) is 25.9 Å². The minimum atomic E-state index is -3.10. The van der Waals surface area contributed by atoms with Gasteiger partial charge in [0.2, 0.25) is 20.0 Å². The Bertz CT molecular complexity index is 351. The molecule has 0 aromatic rings. The Balaban J connectivity index is 3.49. The van der Waals surface area contributed by atoms with Gasteiger partial charge in [-0.2, -0.15) is 0 Å². The van der Waals surface area contributed by atoms with Crippen LogP contribution in [0.1, 0.15) is 33.1 Å². The van der Waals surface area contributed by atoms with Crippen molar-refractivity contribution in [3.63, 3.8) is 0 Å². The number of hydrogen-bond donors (Lipinski definition) is 2. The lowest BCUT2D eigenvalue weighted by Gasteiger charge is -2.05. The van der Waals surface area contributed by atoms with Crippen LogP contribution in [-0.4, -0.2) is 41.4 Å². The molecule has 0 unspecified atom stereocenters. The maximum Gasteiger partial charge on any atom is 0.211 e. The van der Waals surface area contributed by atoms with E-state index in [0.717, 1.165) is 6.42 Å². The summed E-state index contributed by atoms with van der Waals surface area (Å²) in [5.41, 5.74) is 0. The molecular formula is C9H22N2O4S2. The van der Waals surface area contributed by atoms with Crippen molar-refractivity contribution in [2.75, 3.05) is 24.6 Å². The van der Waals surface area contributed by atoms with Crippen LogP contribution in [0.25, 0.3) is 0 Å². The Morgan fingerprint density at radius 1 is 0.706 bits per heavy atom. The number of rotatable bonds is 10. The van der Waals surface area contributed by atoms with Crippen LogP contribution in [0.3, 0.4) is 0 Å². The van der Waals surface area contributed by atoms with Gasteiger partial charge in [0, 0.05) is 13.1 Å². The van der Waals surface area contributed by atoms with Crippen LogP contribution in [0.4, 0.5) is 0 Å². The molecule has 0 aliphatic heterocycles. The first-order chi connectivity index (χ1) is 7.83.